The van der Waals surface area contributed by atoms with E-state index in [1.807, 2.05) is 0 Å². The van der Waals surface area contributed by atoms with Crippen molar-refractivity contribution in [1.29, 1.82) is 0 Å². The fourth-order valence-electron chi connectivity index (χ4n) is 1.25. The van der Waals surface area contributed by atoms with Gasteiger partial charge in [-0.1, -0.05) is 0 Å². The Hall–Kier alpha value is -2.57. The van der Waals surface area contributed by atoms with Gasteiger partial charge in [0.15, 0.2) is 11.5 Å². The largest absolute Gasteiger partial charge is 0.372 e. The van der Waals surface area contributed by atoms with Gasteiger partial charge >= 0.3 is 0 Å². The number of hydrogen-bond acceptors (Lipinski definition) is 5. The molecule has 0 spiro atoms. The molecule has 92 valence electrons. The zero-order valence-corrected chi connectivity index (χ0v) is 9.51. The van der Waals surface area contributed by atoms with Crippen molar-refractivity contribution < 1.29 is 9.18 Å². The molecule has 1 amide bonds. The van der Waals surface area contributed by atoms with Gasteiger partial charge in [0.25, 0.3) is 5.91 Å². The van der Waals surface area contributed by atoms with Crippen LogP contribution in [0.4, 0.5) is 15.9 Å². The molecular formula is C11H10FN5O. The van der Waals surface area contributed by atoms with Crippen LogP contribution in [0.15, 0.2) is 30.6 Å². The highest BCUT2D eigenvalue weighted by Gasteiger charge is 2.10. The number of carbonyl (C=O) groups excluding carboxylic acids is 1. The van der Waals surface area contributed by atoms with Crippen molar-refractivity contribution in [1.82, 2.24) is 15.2 Å². The summed E-state index contributed by atoms with van der Waals surface area (Å²) in [6, 6.07) is 4.46. The molecule has 18 heavy (non-hydrogen) atoms. The van der Waals surface area contributed by atoms with Gasteiger partial charge in [0, 0.05) is 13.2 Å². The highest BCUT2D eigenvalue weighted by atomic mass is 19.1. The quantitative estimate of drug-likeness (QED) is 0.854. The van der Waals surface area contributed by atoms with E-state index in [-0.39, 0.29) is 11.4 Å². The number of anilines is 2. The van der Waals surface area contributed by atoms with Crippen LogP contribution in [-0.2, 0) is 0 Å². The maximum Gasteiger partial charge on any atom is 0.276 e. The van der Waals surface area contributed by atoms with Crippen LogP contribution in [0.1, 0.15) is 10.5 Å². The van der Waals surface area contributed by atoms with E-state index in [0.29, 0.717) is 5.82 Å². The summed E-state index contributed by atoms with van der Waals surface area (Å²) in [6.07, 6.45) is 2.40. The first kappa shape index (κ1) is 11.9. The number of nitrogens with one attached hydrogen (secondary N) is 2. The molecule has 2 aromatic rings. The van der Waals surface area contributed by atoms with Gasteiger partial charge in [-0.15, -0.1) is 10.2 Å². The van der Waals surface area contributed by atoms with Crippen LogP contribution in [0.3, 0.4) is 0 Å². The molecule has 2 aromatic heterocycles. The van der Waals surface area contributed by atoms with Crippen LogP contribution in [0.2, 0.25) is 0 Å². The highest BCUT2D eigenvalue weighted by Crippen LogP contribution is 2.12. The lowest BCUT2D eigenvalue weighted by atomic mass is 10.3. The summed E-state index contributed by atoms with van der Waals surface area (Å²) < 4.78 is 13.3. The van der Waals surface area contributed by atoms with Crippen molar-refractivity contribution in [3.05, 3.63) is 42.1 Å². The van der Waals surface area contributed by atoms with Crippen LogP contribution in [0.25, 0.3) is 0 Å². The number of halogens is 1. The third-order valence-electron chi connectivity index (χ3n) is 2.17. The molecule has 0 aliphatic rings. The Bertz CT molecular complexity index is 558. The molecule has 6 nitrogen and oxygen atoms in total. The van der Waals surface area contributed by atoms with Crippen molar-refractivity contribution in [3.8, 4) is 0 Å². The van der Waals surface area contributed by atoms with Gasteiger partial charge in [-0.05, 0) is 18.2 Å². The number of hydrogen-bond donors (Lipinski definition) is 2. The van der Waals surface area contributed by atoms with Gasteiger partial charge in [-0.2, -0.15) is 0 Å². The molecule has 0 bridgehead atoms. The molecular weight excluding hydrogens is 237 g/mol. The number of carbonyl (C=O) groups is 1. The average Bonchev–Trinajstić information content (AvgIpc) is 2.41. The van der Waals surface area contributed by atoms with Crippen LogP contribution >= 0.6 is 0 Å². The summed E-state index contributed by atoms with van der Waals surface area (Å²) >= 11 is 0. The van der Waals surface area contributed by atoms with E-state index in [0.717, 1.165) is 6.20 Å². The molecule has 0 atom stereocenters. The summed E-state index contributed by atoms with van der Waals surface area (Å²) in [5.41, 5.74) is 0.153. The molecule has 0 radical (unpaired) electrons. The van der Waals surface area contributed by atoms with Crippen LogP contribution in [0, 0.1) is 5.82 Å². The standard InChI is InChI=1S/C11H10FN5O/c1-13-10-3-2-9(16-17-10)11(18)15-8-4-5-14-6-7(8)12/h2-6H,1H3,(H,13,17)(H,14,15,18). The summed E-state index contributed by atoms with van der Waals surface area (Å²) in [7, 11) is 1.69. The van der Waals surface area contributed by atoms with Crippen LogP contribution < -0.4 is 10.6 Å². The Morgan fingerprint density at radius 1 is 1.28 bits per heavy atom. The number of rotatable bonds is 3. The van der Waals surface area contributed by atoms with Gasteiger partial charge in [-0.3, -0.25) is 9.78 Å². The Labute approximate surface area is 102 Å². The molecule has 0 saturated carbocycles. The van der Waals surface area contributed by atoms with Crippen LogP contribution in [0.5, 0.6) is 0 Å². The van der Waals surface area contributed by atoms with Crippen LogP contribution in [-0.4, -0.2) is 28.1 Å². The second-order valence-corrected chi connectivity index (χ2v) is 3.36. The molecule has 0 aliphatic carbocycles. The summed E-state index contributed by atoms with van der Waals surface area (Å²) in [5.74, 6) is -0.595. The lowest BCUT2D eigenvalue weighted by molar-refractivity contribution is 0.102. The molecule has 2 rings (SSSR count). The first-order valence-corrected chi connectivity index (χ1v) is 5.13. The number of nitrogens with zero attached hydrogens (tertiary/aromatic N) is 3. The van der Waals surface area contributed by atoms with Gasteiger partial charge < -0.3 is 10.6 Å². The fourth-order valence-corrected chi connectivity index (χ4v) is 1.25. The topological polar surface area (TPSA) is 79.8 Å². The fraction of sp³-hybridized carbons (Fsp3) is 0.0909. The molecule has 2 N–H and O–H groups in total. The van der Waals surface area contributed by atoms with Crippen molar-refractivity contribution in [2.45, 2.75) is 0 Å². The molecule has 0 unspecified atom stereocenters. The first-order valence-electron chi connectivity index (χ1n) is 5.13. The Balaban J connectivity index is 2.14. The van der Waals surface area contributed by atoms with Gasteiger partial charge in [0.05, 0.1) is 11.9 Å². The lowest BCUT2D eigenvalue weighted by Crippen LogP contribution is -2.15. The third kappa shape index (κ3) is 2.57. The predicted molar refractivity (Wildman–Crippen MR) is 63.7 cm³/mol. The van der Waals surface area contributed by atoms with Crippen molar-refractivity contribution >= 4 is 17.4 Å². The van der Waals surface area contributed by atoms with E-state index >= 15 is 0 Å². The molecule has 7 heteroatoms. The van der Waals surface area contributed by atoms with Gasteiger partial charge in [0.2, 0.25) is 0 Å². The summed E-state index contributed by atoms with van der Waals surface area (Å²) in [5, 5.41) is 12.6. The maximum atomic E-state index is 13.3. The van der Waals surface area contributed by atoms with Crippen molar-refractivity contribution in [2.75, 3.05) is 17.7 Å². The van der Waals surface area contributed by atoms with E-state index in [4.69, 9.17) is 0 Å². The minimum atomic E-state index is -0.606. The Morgan fingerprint density at radius 3 is 2.72 bits per heavy atom. The number of amides is 1. The third-order valence-corrected chi connectivity index (χ3v) is 2.17. The van der Waals surface area contributed by atoms with Crippen molar-refractivity contribution in [2.24, 2.45) is 0 Å². The average molecular weight is 247 g/mol. The molecule has 2 heterocycles. The second-order valence-electron chi connectivity index (χ2n) is 3.36. The van der Waals surface area contributed by atoms with E-state index in [2.05, 4.69) is 25.8 Å². The van der Waals surface area contributed by atoms with Gasteiger partial charge in [-0.25, -0.2) is 4.39 Å². The summed E-state index contributed by atoms with van der Waals surface area (Å²) in [4.78, 5) is 15.3. The van der Waals surface area contributed by atoms with E-state index < -0.39 is 11.7 Å². The number of aromatic nitrogens is 3. The second kappa shape index (κ2) is 5.17. The summed E-state index contributed by atoms with van der Waals surface area (Å²) in [6.45, 7) is 0. The normalized spacial score (nSPS) is 9.89. The Morgan fingerprint density at radius 2 is 2.11 bits per heavy atom. The van der Waals surface area contributed by atoms with E-state index in [9.17, 15) is 9.18 Å². The molecule has 0 aromatic carbocycles. The maximum absolute atomic E-state index is 13.3. The van der Waals surface area contributed by atoms with Gasteiger partial charge in [0.1, 0.15) is 5.82 Å². The van der Waals surface area contributed by atoms with Crippen molar-refractivity contribution in [3.63, 3.8) is 0 Å². The zero-order valence-electron chi connectivity index (χ0n) is 9.51. The zero-order chi connectivity index (χ0) is 13.0. The Kier molecular flexibility index (Phi) is 3.42. The minimum absolute atomic E-state index is 0.0505. The lowest BCUT2D eigenvalue weighted by Gasteiger charge is -2.05. The van der Waals surface area contributed by atoms with E-state index in [1.165, 1.54) is 18.3 Å². The SMILES string of the molecule is CNc1ccc(C(=O)Nc2ccncc2F)nn1. The first-order chi connectivity index (χ1) is 8.70. The monoisotopic (exact) mass is 247 g/mol. The molecule has 0 aliphatic heterocycles. The minimum Gasteiger partial charge on any atom is -0.372 e. The number of pyridine rings is 1. The van der Waals surface area contributed by atoms with E-state index in [1.54, 1.807) is 13.1 Å². The molecule has 0 saturated heterocycles. The predicted octanol–water partition coefficient (Wildman–Crippen LogP) is 1.30. The molecule has 0 fully saturated rings. The smallest absolute Gasteiger partial charge is 0.276 e. The highest BCUT2D eigenvalue weighted by molar-refractivity contribution is 6.02.